The van der Waals surface area contributed by atoms with Gasteiger partial charge in [0.1, 0.15) is 11.4 Å². The molecule has 0 radical (unpaired) electrons. The smallest absolute Gasteiger partial charge is 0.296 e. The summed E-state index contributed by atoms with van der Waals surface area (Å²) in [4.78, 5) is 14.6. The molecule has 1 N–H and O–H groups in total. The van der Waals surface area contributed by atoms with Crippen molar-refractivity contribution in [3.8, 4) is 11.9 Å². The zero-order valence-corrected chi connectivity index (χ0v) is 13.1. The van der Waals surface area contributed by atoms with Gasteiger partial charge in [-0.05, 0) is 29.1 Å². The van der Waals surface area contributed by atoms with E-state index in [-0.39, 0.29) is 16.5 Å². The molecule has 0 atom stereocenters. The van der Waals surface area contributed by atoms with E-state index in [0.717, 1.165) is 0 Å². The predicted octanol–water partition coefficient (Wildman–Crippen LogP) is 3.18. The van der Waals surface area contributed by atoms with Gasteiger partial charge in [-0.3, -0.25) is 15.4 Å². The number of hydrogen-bond donors (Lipinski definition) is 1. The fraction of sp³-hybridized carbons (Fsp3) is 0.273. The molecule has 1 aromatic rings. The first kappa shape index (κ1) is 16.3. The number of rotatable bonds is 4. The Labute approximate surface area is 128 Å². The van der Waals surface area contributed by atoms with Crippen LogP contribution >= 0.6 is 27.7 Å². The maximum absolute atomic E-state index is 11.1. The van der Waals surface area contributed by atoms with Gasteiger partial charge in [-0.1, -0.05) is 11.8 Å². The summed E-state index contributed by atoms with van der Waals surface area (Å²) < 4.78 is 5.83. The van der Waals surface area contributed by atoms with E-state index in [9.17, 15) is 10.1 Å². The summed E-state index contributed by atoms with van der Waals surface area (Å²) in [5.41, 5.74) is -0.0552. The summed E-state index contributed by atoms with van der Waals surface area (Å²) in [7, 11) is 0. The van der Waals surface area contributed by atoms with Gasteiger partial charge in [0, 0.05) is 12.1 Å². The van der Waals surface area contributed by atoms with Crippen molar-refractivity contribution in [2.24, 2.45) is 4.99 Å². The number of benzene rings is 1. The molecule has 0 aliphatic rings. The Kier molecular flexibility index (Phi) is 6.27. The average Bonchev–Trinajstić information content (AvgIpc) is 2.41. The molecule has 0 bridgehead atoms. The molecule has 1 aromatic carbocycles. The minimum atomic E-state index is -0.538. The highest BCUT2D eigenvalue weighted by molar-refractivity contribution is 9.10. The number of halogens is 1. The summed E-state index contributed by atoms with van der Waals surface area (Å²) >= 11 is 4.39. The maximum Gasteiger partial charge on any atom is 0.296 e. The third-order valence-corrected chi connectivity index (χ3v) is 3.30. The van der Waals surface area contributed by atoms with Gasteiger partial charge < -0.3 is 4.74 Å². The molecular weight excluding hydrogens is 348 g/mol. The number of nitro benzene ring substituents is 1. The number of aliphatic imine (C=N–C) groups is 1. The van der Waals surface area contributed by atoms with E-state index in [1.807, 2.05) is 0 Å². The van der Waals surface area contributed by atoms with E-state index in [2.05, 4.69) is 26.2 Å². The first-order chi connectivity index (χ1) is 9.53. The molecular formula is C11H11BrN4O3S. The largest absolute Gasteiger partial charge is 0.493 e. The number of amidine groups is 1. The first-order valence-electron chi connectivity index (χ1n) is 5.42. The lowest BCUT2D eigenvalue weighted by atomic mass is 10.2. The fourth-order valence-electron chi connectivity index (χ4n) is 1.32. The number of ether oxygens (including phenoxy) is 1. The molecule has 0 amide bonds. The number of nitrogens with zero attached hydrogens (tertiary/aromatic N) is 3. The maximum atomic E-state index is 11.1. The lowest BCUT2D eigenvalue weighted by molar-refractivity contribution is -0.384. The number of nitriles is 1. The highest BCUT2D eigenvalue weighted by Crippen LogP contribution is 2.38. The lowest BCUT2D eigenvalue weighted by Gasteiger charge is -2.08. The molecule has 0 heterocycles. The van der Waals surface area contributed by atoms with Gasteiger partial charge in [0.05, 0.1) is 16.0 Å². The van der Waals surface area contributed by atoms with E-state index in [1.165, 1.54) is 23.9 Å². The third kappa shape index (κ3) is 4.11. The summed E-state index contributed by atoms with van der Waals surface area (Å²) in [6, 6.07) is 2.79. The highest BCUT2D eigenvalue weighted by Gasteiger charge is 2.18. The molecule has 0 saturated heterocycles. The molecule has 20 heavy (non-hydrogen) atoms. The first-order valence-corrected chi connectivity index (χ1v) is 7.43. The normalized spacial score (nSPS) is 10.8. The molecule has 0 aromatic heterocycles. The average molecular weight is 359 g/mol. The lowest BCUT2D eigenvalue weighted by Crippen LogP contribution is -2.12. The van der Waals surface area contributed by atoms with Crippen LogP contribution in [0.2, 0.25) is 0 Å². The minimum absolute atomic E-state index is 0.119. The van der Waals surface area contributed by atoms with Crippen LogP contribution in [-0.4, -0.2) is 23.0 Å². The fourth-order valence-corrected chi connectivity index (χ4v) is 2.10. The monoisotopic (exact) mass is 358 g/mol. The van der Waals surface area contributed by atoms with Crippen LogP contribution in [0.25, 0.3) is 0 Å². The molecule has 0 spiro atoms. The standard InChI is InChI=1S/C11H11BrN4O3S/c1-3-19-10-5-8(15-11(20-2)14-6-13)9(16(17)18)4-7(10)12/h4-5H,3H2,1-2H3,(H,14,15). The van der Waals surface area contributed by atoms with Crippen LogP contribution in [0.1, 0.15) is 6.92 Å². The van der Waals surface area contributed by atoms with E-state index >= 15 is 0 Å². The van der Waals surface area contributed by atoms with Gasteiger partial charge in [0.2, 0.25) is 0 Å². The summed E-state index contributed by atoms with van der Waals surface area (Å²) in [5, 5.41) is 22.3. The van der Waals surface area contributed by atoms with Gasteiger partial charge in [-0.15, -0.1) is 0 Å². The zero-order chi connectivity index (χ0) is 15.1. The van der Waals surface area contributed by atoms with Crippen LogP contribution in [0.4, 0.5) is 11.4 Å². The van der Waals surface area contributed by atoms with E-state index in [1.54, 1.807) is 19.4 Å². The number of nitro groups is 1. The van der Waals surface area contributed by atoms with Gasteiger partial charge in [0.25, 0.3) is 5.69 Å². The number of hydrogen-bond acceptors (Lipinski definition) is 6. The van der Waals surface area contributed by atoms with E-state index in [0.29, 0.717) is 16.8 Å². The molecule has 9 heteroatoms. The Morgan fingerprint density at radius 1 is 1.70 bits per heavy atom. The second kappa shape index (κ2) is 7.72. The second-order valence-electron chi connectivity index (χ2n) is 3.32. The van der Waals surface area contributed by atoms with Crippen LogP contribution in [0, 0.1) is 21.6 Å². The summed E-state index contributed by atoms with van der Waals surface area (Å²) in [5.74, 6) is 0.453. The van der Waals surface area contributed by atoms with Crippen molar-refractivity contribution in [3.05, 3.63) is 26.7 Å². The Balaban J connectivity index is 3.37. The SMILES string of the molecule is CCOc1cc(N=C(NC#N)SC)c([N+](=O)[O-])cc1Br. The topological polar surface area (TPSA) is 101 Å². The van der Waals surface area contributed by atoms with Crippen molar-refractivity contribution in [3.63, 3.8) is 0 Å². The van der Waals surface area contributed by atoms with Crippen molar-refractivity contribution in [2.45, 2.75) is 6.92 Å². The van der Waals surface area contributed by atoms with Gasteiger partial charge in [0.15, 0.2) is 11.4 Å². The molecule has 0 aliphatic carbocycles. The molecule has 7 nitrogen and oxygen atoms in total. The van der Waals surface area contributed by atoms with Crippen LogP contribution in [-0.2, 0) is 0 Å². The van der Waals surface area contributed by atoms with Crippen LogP contribution < -0.4 is 10.1 Å². The van der Waals surface area contributed by atoms with Gasteiger partial charge in [-0.2, -0.15) is 5.26 Å². The molecule has 0 fully saturated rings. The molecule has 106 valence electrons. The predicted molar refractivity (Wildman–Crippen MR) is 81.3 cm³/mol. The molecule has 0 unspecified atom stereocenters. The van der Waals surface area contributed by atoms with Crippen molar-refractivity contribution in [1.29, 1.82) is 5.26 Å². The van der Waals surface area contributed by atoms with E-state index in [4.69, 9.17) is 10.00 Å². The summed E-state index contributed by atoms with van der Waals surface area (Å²) in [6.07, 6.45) is 3.43. The summed E-state index contributed by atoms with van der Waals surface area (Å²) in [6.45, 7) is 2.23. The Hall–Kier alpha value is -1.79. The van der Waals surface area contributed by atoms with Crippen LogP contribution in [0.3, 0.4) is 0 Å². The van der Waals surface area contributed by atoms with Crippen LogP contribution in [0.5, 0.6) is 5.75 Å². The van der Waals surface area contributed by atoms with Gasteiger partial charge in [-0.25, -0.2) is 4.99 Å². The Bertz CT molecular complexity index is 586. The quantitative estimate of drug-likeness (QED) is 0.221. The number of thioether (sulfide) groups is 1. The van der Waals surface area contributed by atoms with Crippen molar-refractivity contribution >= 4 is 44.2 Å². The second-order valence-corrected chi connectivity index (χ2v) is 4.97. The van der Waals surface area contributed by atoms with Crippen molar-refractivity contribution in [2.75, 3.05) is 12.9 Å². The van der Waals surface area contributed by atoms with Crippen molar-refractivity contribution < 1.29 is 9.66 Å². The highest BCUT2D eigenvalue weighted by atomic mass is 79.9. The Morgan fingerprint density at radius 3 is 2.90 bits per heavy atom. The minimum Gasteiger partial charge on any atom is -0.493 e. The molecule has 1 rings (SSSR count). The molecule has 0 aliphatic heterocycles. The number of nitrogens with one attached hydrogen (secondary N) is 1. The zero-order valence-electron chi connectivity index (χ0n) is 10.7. The van der Waals surface area contributed by atoms with Crippen molar-refractivity contribution in [1.82, 2.24) is 5.32 Å². The molecule has 0 saturated carbocycles. The Morgan fingerprint density at radius 2 is 2.40 bits per heavy atom. The van der Waals surface area contributed by atoms with Gasteiger partial charge >= 0.3 is 0 Å². The van der Waals surface area contributed by atoms with Crippen LogP contribution in [0.15, 0.2) is 21.6 Å². The van der Waals surface area contributed by atoms with E-state index < -0.39 is 4.92 Å². The third-order valence-electron chi connectivity index (χ3n) is 2.10.